The molecule has 0 aliphatic rings. The molecular weight excluding hydrogens is 446 g/mol. The minimum absolute atomic E-state index is 0.759. The van der Waals surface area contributed by atoms with E-state index >= 15 is 0 Å². The van der Waals surface area contributed by atoms with E-state index in [2.05, 4.69) is 0 Å². The highest BCUT2D eigenvalue weighted by Crippen LogP contribution is 2.63. The molecule has 0 spiro atoms. The molecule has 0 radical (unpaired) electrons. The van der Waals surface area contributed by atoms with Crippen molar-refractivity contribution in [1.82, 2.24) is 0 Å². The predicted molar refractivity (Wildman–Crippen MR) is 73.5 cm³/mol. The van der Waals surface area contributed by atoms with Gasteiger partial charge >= 0.3 is 41.5 Å². The van der Waals surface area contributed by atoms with Crippen LogP contribution in [0.4, 0.5) is 61.5 Å². The van der Waals surface area contributed by atoms with Gasteiger partial charge in [-0.3, -0.25) is 0 Å². The predicted octanol–water partition coefficient (Wildman–Crippen LogP) is 7.53. The molecule has 0 rings (SSSR count). The van der Waals surface area contributed by atoms with Gasteiger partial charge in [0.15, 0.2) is 0 Å². The summed E-state index contributed by atoms with van der Waals surface area (Å²) in [7, 11) is 0. The molecular formula is C15H18F14. The molecule has 176 valence electrons. The highest BCUT2D eigenvalue weighted by molar-refractivity contribution is 5.14. The first kappa shape index (κ1) is 28.0. The first-order valence-corrected chi connectivity index (χ1v) is 7.98. The lowest BCUT2D eigenvalue weighted by Crippen LogP contribution is -2.73. The van der Waals surface area contributed by atoms with Crippen LogP contribution in [0.1, 0.15) is 40.5 Å². The summed E-state index contributed by atoms with van der Waals surface area (Å²) in [5.74, 6) is -53.4. The van der Waals surface area contributed by atoms with E-state index in [0.29, 0.717) is 0 Å². The molecule has 0 unspecified atom stereocenters. The molecule has 0 amide bonds. The van der Waals surface area contributed by atoms with Gasteiger partial charge in [-0.2, -0.15) is 61.5 Å². The first-order chi connectivity index (χ1) is 12.3. The van der Waals surface area contributed by atoms with E-state index in [4.69, 9.17) is 0 Å². The summed E-state index contributed by atoms with van der Waals surface area (Å²) < 4.78 is 189. The van der Waals surface area contributed by atoms with E-state index < -0.39 is 66.1 Å². The van der Waals surface area contributed by atoms with Crippen molar-refractivity contribution in [1.29, 1.82) is 0 Å². The second kappa shape index (κ2) is 7.61. The molecule has 0 bridgehead atoms. The smallest absolute Gasteiger partial charge is 0.200 e. The van der Waals surface area contributed by atoms with Gasteiger partial charge in [0.25, 0.3) is 0 Å². The van der Waals surface area contributed by atoms with Crippen molar-refractivity contribution in [3.05, 3.63) is 0 Å². The van der Waals surface area contributed by atoms with E-state index in [1.807, 2.05) is 0 Å². The Morgan fingerprint density at radius 2 is 0.552 bits per heavy atom. The van der Waals surface area contributed by atoms with Gasteiger partial charge in [-0.1, -0.05) is 27.7 Å². The molecule has 29 heavy (non-hydrogen) atoms. The Balaban J connectivity index is 6.49. The third kappa shape index (κ3) is 4.26. The van der Waals surface area contributed by atoms with Gasteiger partial charge in [0.2, 0.25) is 0 Å². The molecule has 0 nitrogen and oxygen atoms in total. The van der Waals surface area contributed by atoms with Gasteiger partial charge in [-0.15, -0.1) is 0 Å². The van der Waals surface area contributed by atoms with Crippen LogP contribution >= 0.6 is 0 Å². The Morgan fingerprint density at radius 3 is 0.724 bits per heavy atom. The monoisotopic (exact) mass is 464 g/mol. The van der Waals surface area contributed by atoms with E-state index in [0.717, 1.165) is 27.7 Å². The van der Waals surface area contributed by atoms with Crippen LogP contribution in [0.15, 0.2) is 0 Å². The Bertz CT molecular complexity index is 513. The van der Waals surface area contributed by atoms with Crippen LogP contribution in [0.3, 0.4) is 0 Å². The van der Waals surface area contributed by atoms with E-state index in [1.165, 1.54) is 0 Å². The van der Waals surface area contributed by atoms with Crippen LogP contribution in [-0.4, -0.2) is 41.5 Å². The van der Waals surface area contributed by atoms with Gasteiger partial charge in [0, 0.05) is 12.8 Å². The summed E-state index contributed by atoms with van der Waals surface area (Å²) >= 11 is 0. The Hall–Kier alpha value is -0.980. The Kier molecular flexibility index (Phi) is 7.36. The fourth-order valence-corrected chi connectivity index (χ4v) is 2.33. The Morgan fingerprint density at radius 1 is 0.379 bits per heavy atom. The van der Waals surface area contributed by atoms with Crippen molar-refractivity contribution in [2.24, 2.45) is 11.8 Å². The van der Waals surface area contributed by atoms with E-state index in [9.17, 15) is 61.5 Å². The molecule has 0 aliphatic carbocycles. The van der Waals surface area contributed by atoms with Crippen LogP contribution in [0.25, 0.3) is 0 Å². The summed E-state index contributed by atoms with van der Waals surface area (Å²) in [6.45, 7) is 3.04. The number of halogens is 14. The quantitative estimate of drug-likeness (QED) is 0.293. The summed E-state index contributed by atoms with van der Waals surface area (Å²) in [4.78, 5) is 0. The summed E-state index contributed by atoms with van der Waals surface area (Å²) in [6.07, 6.45) is -4.42. The van der Waals surface area contributed by atoms with Crippen molar-refractivity contribution in [2.45, 2.75) is 82.0 Å². The summed E-state index contributed by atoms with van der Waals surface area (Å²) in [5.41, 5.74) is 0. The zero-order valence-electron chi connectivity index (χ0n) is 15.4. The van der Waals surface area contributed by atoms with Crippen molar-refractivity contribution in [3.8, 4) is 0 Å². The Labute approximate surface area is 156 Å². The van der Waals surface area contributed by atoms with Gasteiger partial charge in [0.1, 0.15) is 0 Å². The highest BCUT2D eigenvalue weighted by Gasteiger charge is 2.92. The van der Waals surface area contributed by atoms with Crippen LogP contribution in [0.2, 0.25) is 0 Å². The SMILES string of the molecule is CC(C)CC(F)(F)C(F)(F)C(F)(F)C(F)(F)C(F)(F)C(F)(F)C(F)(F)CC(C)C. The number of hydrogen-bond acceptors (Lipinski definition) is 0. The summed E-state index contributed by atoms with van der Waals surface area (Å²) in [5, 5.41) is 0. The van der Waals surface area contributed by atoms with E-state index in [1.54, 1.807) is 0 Å². The van der Waals surface area contributed by atoms with Crippen LogP contribution < -0.4 is 0 Å². The molecule has 0 saturated heterocycles. The number of hydrogen-bond donors (Lipinski definition) is 0. The zero-order chi connectivity index (χ0) is 24.1. The lowest BCUT2D eigenvalue weighted by molar-refractivity contribution is -0.442. The van der Waals surface area contributed by atoms with Crippen LogP contribution in [0, 0.1) is 11.8 Å². The topological polar surface area (TPSA) is 0 Å². The first-order valence-electron chi connectivity index (χ1n) is 7.98. The average molecular weight is 464 g/mol. The van der Waals surface area contributed by atoms with Gasteiger partial charge in [-0.25, -0.2) is 0 Å². The molecule has 0 N–H and O–H groups in total. The van der Waals surface area contributed by atoms with Crippen molar-refractivity contribution in [3.63, 3.8) is 0 Å². The minimum Gasteiger partial charge on any atom is -0.200 e. The molecule has 0 aromatic carbocycles. The molecule has 0 fully saturated rings. The maximum atomic E-state index is 13.6. The van der Waals surface area contributed by atoms with Crippen molar-refractivity contribution in [2.75, 3.05) is 0 Å². The van der Waals surface area contributed by atoms with Gasteiger partial charge < -0.3 is 0 Å². The van der Waals surface area contributed by atoms with Crippen molar-refractivity contribution < 1.29 is 61.5 Å². The largest absolute Gasteiger partial charge is 0.384 e. The fourth-order valence-electron chi connectivity index (χ4n) is 2.33. The second-order valence-corrected chi connectivity index (χ2v) is 7.48. The molecule has 0 heterocycles. The van der Waals surface area contributed by atoms with E-state index in [-0.39, 0.29) is 0 Å². The maximum Gasteiger partial charge on any atom is 0.384 e. The lowest BCUT2D eigenvalue weighted by atomic mass is 9.85. The third-order valence-electron chi connectivity index (χ3n) is 3.83. The molecule has 0 atom stereocenters. The number of rotatable bonds is 10. The van der Waals surface area contributed by atoms with Gasteiger partial charge in [0.05, 0.1) is 0 Å². The zero-order valence-corrected chi connectivity index (χ0v) is 15.4. The summed E-state index contributed by atoms with van der Waals surface area (Å²) in [6, 6.07) is 0. The second-order valence-electron chi connectivity index (χ2n) is 7.48. The maximum absolute atomic E-state index is 13.6. The third-order valence-corrected chi connectivity index (χ3v) is 3.83. The molecule has 0 saturated carbocycles. The number of alkyl halides is 14. The standard InChI is InChI=1S/C15H18F14/c1-7(2)5-9(16,17)11(20,21)13(24,25)15(28,29)14(26,27)12(22,23)10(18,19)6-8(3)4/h7-8H,5-6H2,1-4H3. The molecule has 0 aliphatic heterocycles. The van der Waals surface area contributed by atoms with Crippen LogP contribution in [0.5, 0.6) is 0 Å². The minimum atomic E-state index is -7.98. The fraction of sp³-hybridized carbons (Fsp3) is 1.00. The highest BCUT2D eigenvalue weighted by atomic mass is 19.4. The molecule has 14 heteroatoms. The lowest BCUT2D eigenvalue weighted by Gasteiger charge is -2.43. The molecule has 0 aromatic rings. The van der Waals surface area contributed by atoms with Crippen LogP contribution in [-0.2, 0) is 0 Å². The van der Waals surface area contributed by atoms with Crippen molar-refractivity contribution >= 4 is 0 Å². The van der Waals surface area contributed by atoms with Gasteiger partial charge in [-0.05, 0) is 11.8 Å². The molecule has 0 aromatic heterocycles. The average Bonchev–Trinajstić information content (AvgIpc) is 2.43. The normalized spacial score (nSPS) is 16.1.